The predicted molar refractivity (Wildman–Crippen MR) is 70.5 cm³/mol. The number of hydrogen-bond acceptors (Lipinski definition) is 4. The fourth-order valence-electron chi connectivity index (χ4n) is 1.94. The molecule has 5 nitrogen and oxygen atoms in total. The van der Waals surface area contributed by atoms with Crippen LogP contribution in [0.4, 0.5) is 0 Å². The molecule has 5 heteroatoms. The molecule has 0 aliphatic carbocycles. The normalized spacial score (nSPS) is 11.0. The maximum Gasteiger partial charge on any atom is 0.348 e. The highest BCUT2D eigenvalue weighted by Crippen LogP contribution is 2.20. The highest BCUT2D eigenvalue weighted by molar-refractivity contribution is 6.00. The van der Waals surface area contributed by atoms with Gasteiger partial charge in [0.2, 0.25) is 0 Å². The number of aromatic nitrogens is 1. The number of nitrogens with zero attached hydrogens (tertiary/aromatic N) is 1. The second-order valence-electron chi connectivity index (χ2n) is 4.11. The smallest absolute Gasteiger partial charge is 0.348 e. The van der Waals surface area contributed by atoms with E-state index in [4.69, 9.17) is 10.00 Å². The van der Waals surface area contributed by atoms with Gasteiger partial charge in [-0.05, 0) is 39.3 Å². The standard InChI is InChI=1S/C14H16N2O3/c1-5-19-14(18)11(7-15)6-12-8(2)13(10(4)17)9(3)16-12/h6,16H,5H2,1-4H3/b11-6+. The van der Waals surface area contributed by atoms with Gasteiger partial charge in [-0.25, -0.2) is 4.79 Å². The molecule has 0 saturated carbocycles. The van der Waals surface area contributed by atoms with Crippen LogP contribution in [0.5, 0.6) is 0 Å². The van der Waals surface area contributed by atoms with Crippen molar-refractivity contribution < 1.29 is 14.3 Å². The zero-order chi connectivity index (χ0) is 14.6. The van der Waals surface area contributed by atoms with E-state index in [2.05, 4.69) is 4.98 Å². The minimum absolute atomic E-state index is 0.0551. The van der Waals surface area contributed by atoms with Gasteiger partial charge in [-0.15, -0.1) is 0 Å². The fraction of sp³-hybridized carbons (Fsp3) is 0.357. The summed E-state index contributed by atoms with van der Waals surface area (Å²) in [5.74, 6) is -0.721. The van der Waals surface area contributed by atoms with E-state index in [-0.39, 0.29) is 18.0 Å². The molecule has 0 amide bonds. The summed E-state index contributed by atoms with van der Waals surface area (Å²) in [6.07, 6.45) is 1.41. The van der Waals surface area contributed by atoms with E-state index in [0.717, 1.165) is 11.3 Å². The van der Waals surface area contributed by atoms with Crippen LogP contribution < -0.4 is 0 Å². The molecule has 0 atom stereocenters. The van der Waals surface area contributed by atoms with Crippen molar-refractivity contribution in [1.82, 2.24) is 4.98 Å². The van der Waals surface area contributed by atoms with Gasteiger partial charge in [0.1, 0.15) is 11.6 Å². The molecule has 19 heavy (non-hydrogen) atoms. The lowest BCUT2D eigenvalue weighted by Crippen LogP contribution is -2.06. The molecular weight excluding hydrogens is 244 g/mol. The second-order valence-corrected chi connectivity index (χ2v) is 4.11. The first kappa shape index (κ1) is 14.7. The van der Waals surface area contributed by atoms with Gasteiger partial charge >= 0.3 is 5.97 Å². The predicted octanol–water partition coefficient (Wildman–Crippen LogP) is 2.30. The van der Waals surface area contributed by atoms with Crippen molar-refractivity contribution in [3.8, 4) is 6.07 Å². The van der Waals surface area contributed by atoms with Crippen molar-refractivity contribution in [3.05, 3.63) is 28.1 Å². The quantitative estimate of drug-likeness (QED) is 0.389. The highest BCUT2D eigenvalue weighted by Gasteiger charge is 2.16. The molecule has 0 radical (unpaired) electrons. The molecule has 1 N–H and O–H groups in total. The number of ketones is 1. The third kappa shape index (κ3) is 3.10. The summed E-state index contributed by atoms with van der Waals surface area (Å²) in [5, 5.41) is 8.96. The van der Waals surface area contributed by atoms with Gasteiger partial charge in [0.05, 0.1) is 6.61 Å². The number of carbonyl (C=O) groups is 2. The van der Waals surface area contributed by atoms with Gasteiger partial charge in [0.15, 0.2) is 5.78 Å². The average Bonchev–Trinajstić information content (AvgIpc) is 2.61. The monoisotopic (exact) mass is 260 g/mol. The summed E-state index contributed by atoms with van der Waals surface area (Å²) in [7, 11) is 0. The van der Waals surface area contributed by atoms with Gasteiger partial charge in [-0.2, -0.15) is 5.26 Å². The second kappa shape index (κ2) is 6.01. The molecule has 0 fully saturated rings. The van der Waals surface area contributed by atoms with E-state index in [9.17, 15) is 9.59 Å². The molecule has 0 saturated heterocycles. The Morgan fingerprint density at radius 2 is 2.05 bits per heavy atom. The zero-order valence-electron chi connectivity index (χ0n) is 11.5. The minimum Gasteiger partial charge on any atom is -0.462 e. The number of nitrogens with one attached hydrogen (secondary N) is 1. The Bertz CT molecular complexity index is 589. The van der Waals surface area contributed by atoms with Crippen LogP contribution in [0, 0.1) is 25.2 Å². The molecule has 0 bridgehead atoms. The van der Waals surface area contributed by atoms with Crippen LogP contribution in [-0.2, 0) is 9.53 Å². The zero-order valence-corrected chi connectivity index (χ0v) is 11.5. The van der Waals surface area contributed by atoms with Gasteiger partial charge in [0.25, 0.3) is 0 Å². The largest absolute Gasteiger partial charge is 0.462 e. The first-order chi connectivity index (χ1) is 8.92. The molecule has 0 aliphatic rings. The van der Waals surface area contributed by atoms with Crippen molar-refractivity contribution in [2.45, 2.75) is 27.7 Å². The molecule has 0 aliphatic heterocycles. The van der Waals surface area contributed by atoms with Gasteiger partial charge in [0, 0.05) is 17.0 Å². The van der Waals surface area contributed by atoms with Crippen LogP contribution in [0.1, 0.15) is 41.2 Å². The number of H-pyrrole nitrogens is 1. The average molecular weight is 260 g/mol. The third-order valence-corrected chi connectivity index (χ3v) is 2.73. The Morgan fingerprint density at radius 1 is 1.42 bits per heavy atom. The van der Waals surface area contributed by atoms with E-state index in [1.807, 2.05) is 0 Å². The van der Waals surface area contributed by atoms with E-state index in [0.29, 0.717) is 11.3 Å². The first-order valence-corrected chi connectivity index (χ1v) is 5.91. The number of nitriles is 1. The molecule has 0 aromatic carbocycles. The number of hydrogen-bond donors (Lipinski definition) is 1. The number of ether oxygens (including phenoxy) is 1. The topological polar surface area (TPSA) is 82.9 Å². The van der Waals surface area contributed by atoms with E-state index in [1.165, 1.54) is 13.0 Å². The lowest BCUT2D eigenvalue weighted by atomic mass is 10.1. The number of aryl methyl sites for hydroxylation is 1. The number of esters is 1. The lowest BCUT2D eigenvalue weighted by molar-refractivity contribution is -0.137. The summed E-state index contributed by atoms with van der Waals surface area (Å²) in [6, 6.07) is 1.80. The maximum absolute atomic E-state index is 11.5. The summed E-state index contributed by atoms with van der Waals surface area (Å²) < 4.78 is 4.78. The van der Waals surface area contributed by atoms with E-state index >= 15 is 0 Å². The number of carbonyl (C=O) groups excluding carboxylic acids is 2. The fourth-order valence-corrected chi connectivity index (χ4v) is 1.94. The van der Waals surface area contributed by atoms with Crippen molar-refractivity contribution >= 4 is 17.8 Å². The summed E-state index contributed by atoms with van der Waals surface area (Å²) in [6.45, 7) is 6.90. The molecule has 1 aromatic rings. The molecule has 1 heterocycles. The minimum atomic E-state index is -0.666. The summed E-state index contributed by atoms with van der Waals surface area (Å²) >= 11 is 0. The Morgan fingerprint density at radius 3 is 2.47 bits per heavy atom. The van der Waals surface area contributed by atoms with Crippen molar-refractivity contribution in [3.63, 3.8) is 0 Å². The summed E-state index contributed by atoms with van der Waals surface area (Å²) in [4.78, 5) is 26.0. The molecular formula is C14H16N2O3. The Balaban J connectivity index is 3.25. The molecule has 0 spiro atoms. The molecule has 0 unspecified atom stereocenters. The van der Waals surface area contributed by atoms with Gasteiger partial charge in [-0.3, -0.25) is 4.79 Å². The molecule has 1 rings (SSSR count). The maximum atomic E-state index is 11.5. The van der Waals surface area contributed by atoms with Crippen molar-refractivity contribution in [1.29, 1.82) is 5.26 Å². The number of rotatable bonds is 4. The summed E-state index contributed by atoms with van der Waals surface area (Å²) in [5.41, 5.74) is 2.51. The van der Waals surface area contributed by atoms with E-state index < -0.39 is 5.97 Å². The molecule has 1 aromatic heterocycles. The Hall–Kier alpha value is -2.35. The lowest BCUT2D eigenvalue weighted by Gasteiger charge is -1.99. The highest BCUT2D eigenvalue weighted by atomic mass is 16.5. The van der Waals surface area contributed by atoms with Crippen LogP contribution in [0.25, 0.3) is 6.08 Å². The number of Topliss-reactive ketones (excluding diaryl/α,β-unsaturated/α-hetero) is 1. The van der Waals surface area contributed by atoms with Crippen LogP contribution in [0.15, 0.2) is 5.57 Å². The first-order valence-electron chi connectivity index (χ1n) is 5.91. The SMILES string of the molecule is CCOC(=O)/C(C#N)=C/c1[nH]c(C)c(C(C)=O)c1C. The van der Waals surface area contributed by atoms with Crippen LogP contribution in [-0.4, -0.2) is 23.3 Å². The van der Waals surface area contributed by atoms with Crippen LogP contribution >= 0.6 is 0 Å². The molecule has 100 valence electrons. The van der Waals surface area contributed by atoms with Gasteiger partial charge in [-0.1, -0.05) is 0 Å². The van der Waals surface area contributed by atoms with Crippen LogP contribution in [0.2, 0.25) is 0 Å². The Kier molecular flexibility index (Phi) is 4.65. The van der Waals surface area contributed by atoms with Crippen molar-refractivity contribution in [2.24, 2.45) is 0 Å². The Labute approximate surface area is 111 Å². The van der Waals surface area contributed by atoms with Crippen molar-refractivity contribution in [2.75, 3.05) is 6.61 Å². The van der Waals surface area contributed by atoms with Crippen LogP contribution in [0.3, 0.4) is 0 Å². The number of aromatic amines is 1. The van der Waals surface area contributed by atoms with E-state index in [1.54, 1.807) is 26.8 Å². The third-order valence-electron chi connectivity index (χ3n) is 2.73. The van der Waals surface area contributed by atoms with Gasteiger partial charge < -0.3 is 9.72 Å².